The van der Waals surface area contributed by atoms with E-state index in [1.54, 1.807) is 44.3 Å². The van der Waals surface area contributed by atoms with Gasteiger partial charge >= 0.3 is 13.7 Å². The summed E-state index contributed by atoms with van der Waals surface area (Å²) in [6.07, 6.45) is -1.54. The van der Waals surface area contributed by atoms with Gasteiger partial charge in [-0.25, -0.2) is 23.3 Å². The van der Waals surface area contributed by atoms with E-state index >= 15 is 8.78 Å². The quantitative estimate of drug-likeness (QED) is 0.148. The van der Waals surface area contributed by atoms with Gasteiger partial charge in [0.1, 0.15) is 24.2 Å². The number of aryl methyl sites for hydroxylation is 1. The van der Waals surface area contributed by atoms with Crippen molar-refractivity contribution in [2.24, 2.45) is 5.41 Å². The number of benzene rings is 1. The third-order valence-corrected chi connectivity index (χ3v) is 8.99. The highest BCUT2D eigenvalue weighted by atomic mass is 31.2. The average molecular weight is 693 g/mol. The Morgan fingerprint density at radius 1 is 1.21 bits per heavy atom. The first-order valence-electron chi connectivity index (χ1n) is 15.3. The van der Waals surface area contributed by atoms with Gasteiger partial charge in [-0.05, 0) is 57.4 Å². The number of esters is 1. The first-order valence-corrected chi connectivity index (χ1v) is 16.8. The van der Waals surface area contributed by atoms with Crippen LogP contribution in [0.15, 0.2) is 42.9 Å². The number of nitrogens with one attached hydrogen (secondary N) is 1. The van der Waals surface area contributed by atoms with E-state index in [1.165, 1.54) is 13.0 Å². The molecule has 5 rings (SSSR count). The molecule has 6 atom stereocenters. The van der Waals surface area contributed by atoms with E-state index in [2.05, 4.69) is 25.0 Å². The Balaban J connectivity index is 1.44. The zero-order valence-electron chi connectivity index (χ0n) is 27.6. The minimum atomic E-state index is -4.71. The van der Waals surface area contributed by atoms with Crippen LogP contribution in [0.4, 0.5) is 8.78 Å². The van der Waals surface area contributed by atoms with E-state index in [0.717, 1.165) is 17.8 Å². The number of rotatable bonds is 12. The smallest absolute Gasteiger partial charge is 0.459 e. The van der Waals surface area contributed by atoms with E-state index in [9.17, 15) is 14.5 Å². The lowest BCUT2D eigenvalue weighted by molar-refractivity contribution is -0.202. The third-order valence-electron chi connectivity index (χ3n) is 7.38. The van der Waals surface area contributed by atoms with Crippen molar-refractivity contribution in [1.82, 2.24) is 29.6 Å². The molecule has 0 radical (unpaired) electrons. The molecule has 0 aliphatic carbocycles. The highest BCUT2D eigenvalue weighted by Crippen LogP contribution is 2.52. The van der Waals surface area contributed by atoms with Crippen molar-refractivity contribution in [1.29, 1.82) is 0 Å². The lowest BCUT2D eigenvalue weighted by atomic mass is 9.97. The van der Waals surface area contributed by atoms with Crippen molar-refractivity contribution < 1.29 is 46.5 Å². The fourth-order valence-corrected chi connectivity index (χ4v) is 6.54. The Bertz CT molecular complexity index is 1850. The van der Waals surface area contributed by atoms with Crippen LogP contribution >= 0.6 is 7.75 Å². The molecule has 1 fully saturated rings. The fraction of sp³-hybridized carbons (Fsp3) is 0.516. The topological polar surface area (TPSA) is 169 Å². The molecule has 2 unspecified atom stereocenters. The van der Waals surface area contributed by atoms with Crippen molar-refractivity contribution in [2.45, 2.75) is 78.4 Å². The fourth-order valence-electron chi connectivity index (χ4n) is 5.02. The van der Waals surface area contributed by atoms with Crippen LogP contribution in [0, 0.1) is 12.3 Å². The summed E-state index contributed by atoms with van der Waals surface area (Å²) < 4.78 is 75.9. The van der Waals surface area contributed by atoms with Gasteiger partial charge in [-0.15, -0.1) is 0 Å². The van der Waals surface area contributed by atoms with Gasteiger partial charge in [0.25, 0.3) is 5.85 Å². The maximum atomic E-state index is 16.6. The standard InChI is InChI=1S/C31H39F2N6O8P/c1-8-43-25-23-24(36-19(3)37-25)39(17-35-23)28-30(7,32)27(41)31(33,46-28)16-45-48(42,38-18(2)26(40)44-15-29(4,5)6)47-22-13-9-12-21-20(22)11-10-14-34-21/h9-14,17-18,27-28,41H,8,15-16H2,1-7H3,(H,38,42)/t18?,27-,28+,30+,31+,48?/m0/s1. The van der Waals surface area contributed by atoms with Crippen LogP contribution in [-0.4, -0.2) is 79.1 Å². The molecule has 1 saturated heterocycles. The number of aliphatic hydroxyl groups excluding tert-OH is 1. The SMILES string of the molecule is CCOc1nc(C)nc2c1ncn2[C@@H]1O[C@](F)(COP(=O)(NC(C)C(=O)OCC(C)(C)C)Oc2cccc3ncccc23)[C@@H](O)[C@@]1(C)F. The van der Waals surface area contributed by atoms with Crippen LogP contribution in [0.25, 0.3) is 22.1 Å². The molecule has 260 valence electrons. The van der Waals surface area contributed by atoms with Crippen LogP contribution in [0.1, 0.15) is 53.6 Å². The number of nitrogens with zero attached hydrogens (tertiary/aromatic N) is 5. The largest absolute Gasteiger partial charge is 0.476 e. The number of pyridine rings is 1. The minimum absolute atomic E-state index is 0.0331. The Morgan fingerprint density at radius 3 is 2.67 bits per heavy atom. The predicted molar refractivity (Wildman–Crippen MR) is 170 cm³/mol. The molecule has 4 aromatic rings. The summed E-state index contributed by atoms with van der Waals surface area (Å²) in [6, 6.07) is 6.78. The van der Waals surface area contributed by atoms with E-state index in [-0.39, 0.29) is 47.2 Å². The lowest BCUT2D eigenvalue weighted by Crippen LogP contribution is -2.47. The molecular weight excluding hydrogens is 653 g/mol. The number of alkyl halides is 2. The van der Waals surface area contributed by atoms with E-state index in [4.69, 9.17) is 23.3 Å². The van der Waals surface area contributed by atoms with Crippen LogP contribution in [0.2, 0.25) is 0 Å². The lowest BCUT2D eigenvalue weighted by Gasteiger charge is -2.28. The molecule has 0 bridgehead atoms. The molecule has 1 aliphatic rings. The number of carbonyl (C=O) groups excluding carboxylic acids is 1. The second kappa shape index (κ2) is 13.2. The Kier molecular flexibility index (Phi) is 9.79. The average Bonchev–Trinajstić information content (AvgIpc) is 3.51. The Morgan fingerprint density at radius 2 is 1.96 bits per heavy atom. The molecule has 1 aromatic carbocycles. The molecular formula is C31H39F2N6O8P. The molecule has 0 amide bonds. The number of ether oxygens (including phenoxy) is 3. The molecule has 48 heavy (non-hydrogen) atoms. The zero-order valence-corrected chi connectivity index (χ0v) is 28.5. The van der Waals surface area contributed by atoms with Crippen LogP contribution in [-0.2, 0) is 23.4 Å². The number of aromatic nitrogens is 5. The molecule has 2 N–H and O–H groups in total. The second-order valence-corrected chi connectivity index (χ2v) is 14.5. The maximum Gasteiger partial charge on any atom is 0.459 e. The van der Waals surface area contributed by atoms with Crippen LogP contribution in [0.3, 0.4) is 0 Å². The molecule has 0 saturated carbocycles. The molecule has 17 heteroatoms. The monoisotopic (exact) mass is 692 g/mol. The Hall–Kier alpha value is -3.82. The van der Waals surface area contributed by atoms with Gasteiger partial charge in [-0.2, -0.15) is 10.1 Å². The highest BCUT2D eigenvalue weighted by Gasteiger charge is 2.65. The highest BCUT2D eigenvalue weighted by molar-refractivity contribution is 7.52. The van der Waals surface area contributed by atoms with Gasteiger partial charge in [-0.1, -0.05) is 26.8 Å². The normalized spacial score (nSPS) is 24.8. The maximum absolute atomic E-state index is 16.6. The number of halogens is 2. The number of carbonyl (C=O) groups is 1. The zero-order chi connectivity index (χ0) is 35.1. The van der Waals surface area contributed by atoms with Crippen molar-refractivity contribution in [3.63, 3.8) is 0 Å². The van der Waals surface area contributed by atoms with Gasteiger partial charge < -0.3 is 23.8 Å². The first kappa shape index (κ1) is 35.5. The molecule has 0 spiro atoms. The molecule has 4 heterocycles. The molecule has 1 aliphatic heterocycles. The van der Waals surface area contributed by atoms with Crippen molar-refractivity contribution in [3.8, 4) is 11.6 Å². The number of hydrogen-bond donors (Lipinski definition) is 2. The first-order chi connectivity index (χ1) is 22.5. The summed E-state index contributed by atoms with van der Waals surface area (Å²) >= 11 is 0. The van der Waals surface area contributed by atoms with E-state index in [1.807, 2.05) is 20.8 Å². The van der Waals surface area contributed by atoms with Gasteiger partial charge in [0, 0.05) is 11.6 Å². The summed E-state index contributed by atoms with van der Waals surface area (Å²) in [5.74, 6) is -3.62. The van der Waals surface area contributed by atoms with Gasteiger partial charge in [0.05, 0.1) is 25.1 Å². The van der Waals surface area contributed by atoms with Crippen molar-refractivity contribution >= 4 is 35.8 Å². The van der Waals surface area contributed by atoms with Crippen molar-refractivity contribution in [2.75, 3.05) is 19.8 Å². The number of hydrogen-bond acceptors (Lipinski definition) is 12. The summed E-state index contributed by atoms with van der Waals surface area (Å²) in [5, 5.41) is 13.9. The summed E-state index contributed by atoms with van der Waals surface area (Å²) in [6.45, 7) is 10.3. The predicted octanol–water partition coefficient (Wildman–Crippen LogP) is 5.14. The summed E-state index contributed by atoms with van der Waals surface area (Å²) in [4.78, 5) is 29.8. The molecule has 3 aromatic heterocycles. The van der Waals surface area contributed by atoms with Crippen LogP contribution in [0.5, 0.6) is 11.6 Å². The van der Waals surface area contributed by atoms with Gasteiger partial charge in [-0.3, -0.25) is 18.9 Å². The second-order valence-electron chi connectivity index (χ2n) is 12.9. The third kappa shape index (κ3) is 7.27. The number of imidazole rings is 1. The molecule has 14 nitrogen and oxygen atoms in total. The minimum Gasteiger partial charge on any atom is -0.476 e. The van der Waals surface area contributed by atoms with Crippen LogP contribution < -0.4 is 14.3 Å². The van der Waals surface area contributed by atoms with E-state index in [0.29, 0.717) is 10.9 Å². The Labute approximate surface area is 275 Å². The van der Waals surface area contributed by atoms with Crippen molar-refractivity contribution in [3.05, 3.63) is 48.7 Å². The summed E-state index contributed by atoms with van der Waals surface area (Å²) in [7, 11) is -4.71. The van der Waals surface area contributed by atoms with Gasteiger partial charge in [0.15, 0.2) is 29.2 Å². The van der Waals surface area contributed by atoms with Gasteiger partial charge in [0.2, 0.25) is 5.88 Å². The number of aliphatic hydroxyl groups is 1. The van der Waals surface area contributed by atoms with E-state index < -0.39 is 50.2 Å². The summed E-state index contributed by atoms with van der Waals surface area (Å²) in [5.41, 5.74) is -2.40. The number of fused-ring (bicyclic) bond motifs is 2.